The number of hydrogen-bond acceptors (Lipinski definition) is 2. The molecule has 0 aliphatic carbocycles. The van der Waals surface area contributed by atoms with Crippen LogP contribution in [0, 0.1) is 0 Å². The van der Waals surface area contributed by atoms with Crippen LogP contribution in [0.3, 0.4) is 0 Å². The highest BCUT2D eigenvalue weighted by Crippen LogP contribution is 2.20. The Hall–Kier alpha value is -0.470. The van der Waals surface area contributed by atoms with Crippen molar-refractivity contribution in [2.45, 2.75) is 18.6 Å². The molecule has 12 heavy (non-hydrogen) atoms. The smallest absolute Gasteiger partial charge is 0.0497 e. The van der Waals surface area contributed by atoms with Crippen molar-refractivity contribution >= 4 is 12.6 Å². The Bertz CT molecular complexity index is 247. The van der Waals surface area contributed by atoms with Crippen molar-refractivity contribution < 1.29 is 5.11 Å². The SMILES string of the molecule is CC(CO)c1ccccc1CS. The number of aliphatic hydroxyl groups excluding tert-OH is 1. The third-order valence-corrected chi connectivity index (χ3v) is 2.37. The van der Waals surface area contributed by atoms with Gasteiger partial charge in [0.2, 0.25) is 0 Å². The van der Waals surface area contributed by atoms with E-state index in [1.807, 2.05) is 25.1 Å². The molecule has 1 N–H and O–H groups in total. The van der Waals surface area contributed by atoms with Crippen LogP contribution in [0.5, 0.6) is 0 Å². The Morgan fingerprint density at radius 2 is 2.08 bits per heavy atom. The Kier molecular flexibility index (Phi) is 3.63. The summed E-state index contributed by atoms with van der Waals surface area (Å²) in [6, 6.07) is 8.09. The molecule has 2 heteroatoms. The normalized spacial score (nSPS) is 12.9. The number of benzene rings is 1. The van der Waals surface area contributed by atoms with Crippen LogP contribution in [0.2, 0.25) is 0 Å². The Labute approximate surface area is 78.8 Å². The minimum Gasteiger partial charge on any atom is -0.396 e. The monoisotopic (exact) mass is 182 g/mol. The van der Waals surface area contributed by atoms with E-state index in [0.29, 0.717) is 0 Å². The molecule has 1 atom stereocenters. The molecule has 0 aromatic heterocycles. The van der Waals surface area contributed by atoms with E-state index < -0.39 is 0 Å². The largest absolute Gasteiger partial charge is 0.396 e. The van der Waals surface area contributed by atoms with Crippen LogP contribution in [-0.4, -0.2) is 11.7 Å². The van der Waals surface area contributed by atoms with Gasteiger partial charge in [0.1, 0.15) is 0 Å². The van der Waals surface area contributed by atoms with E-state index in [1.165, 1.54) is 11.1 Å². The van der Waals surface area contributed by atoms with E-state index in [0.717, 1.165) is 5.75 Å². The molecule has 0 radical (unpaired) electrons. The first-order valence-corrected chi connectivity index (χ1v) is 4.72. The van der Waals surface area contributed by atoms with Crippen LogP contribution in [0.15, 0.2) is 24.3 Å². The first-order chi connectivity index (χ1) is 5.79. The standard InChI is InChI=1S/C10H14OS/c1-8(6-11)10-5-3-2-4-9(10)7-12/h2-5,8,11-12H,6-7H2,1H3. The number of thiol groups is 1. The van der Waals surface area contributed by atoms with Gasteiger partial charge in [-0.25, -0.2) is 0 Å². The van der Waals surface area contributed by atoms with Gasteiger partial charge in [-0.2, -0.15) is 12.6 Å². The average Bonchev–Trinajstić information content (AvgIpc) is 2.16. The Morgan fingerprint density at radius 1 is 1.42 bits per heavy atom. The second kappa shape index (κ2) is 4.53. The van der Waals surface area contributed by atoms with Crippen LogP contribution in [-0.2, 0) is 5.75 Å². The fourth-order valence-corrected chi connectivity index (χ4v) is 1.55. The molecule has 0 aliphatic rings. The van der Waals surface area contributed by atoms with Gasteiger partial charge < -0.3 is 5.11 Å². The molecule has 0 fully saturated rings. The second-order valence-corrected chi connectivity index (χ2v) is 3.26. The number of aliphatic hydroxyl groups is 1. The molecule has 1 rings (SSSR count). The highest BCUT2D eigenvalue weighted by atomic mass is 32.1. The quantitative estimate of drug-likeness (QED) is 0.687. The van der Waals surface area contributed by atoms with Crippen molar-refractivity contribution in [1.82, 2.24) is 0 Å². The van der Waals surface area contributed by atoms with Crippen molar-refractivity contribution in [3.8, 4) is 0 Å². The molecular weight excluding hydrogens is 168 g/mol. The summed E-state index contributed by atoms with van der Waals surface area (Å²) >= 11 is 4.23. The fourth-order valence-electron chi connectivity index (χ4n) is 1.26. The van der Waals surface area contributed by atoms with E-state index in [2.05, 4.69) is 18.7 Å². The molecule has 0 saturated heterocycles. The van der Waals surface area contributed by atoms with Gasteiger partial charge in [-0.05, 0) is 11.1 Å². The van der Waals surface area contributed by atoms with E-state index in [1.54, 1.807) is 0 Å². The summed E-state index contributed by atoms with van der Waals surface area (Å²) in [5.41, 5.74) is 2.41. The van der Waals surface area contributed by atoms with Crippen LogP contribution >= 0.6 is 12.6 Å². The molecule has 0 aliphatic heterocycles. The average molecular weight is 182 g/mol. The minimum absolute atomic E-state index is 0.199. The third kappa shape index (κ3) is 2.02. The van der Waals surface area contributed by atoms with E-state index in [-0.39, 0.29) is 12.5 Å². The van der Waals surface area contributed by atoms with Crippen LogP contribution in [0.25, 0.3) is 0 Å². The van der Waals surface area contributed by atoms with Crippen molar-refractivity contribution in [1.29, 1.82) is 0 Å². The van der Waals surface area contributed by atoms with Gasteiger partial charge in [0.15, 0.2) is 0 Å². The first kappa shape index (κ1) is 9.62. The second-order valence-electron chi connectivity index (χ2n) is 2.94. The molecule has 0 heterocycles. The van der Waals surface area contributed by atoms with Crippen LogP contribution in [0.1, 0.15) is 24.0 Å². The molecule has 1 aromatic rings. The fraction of sp³-hybridized carbons (Fsp3) is 0.400. The first-order valence-electron chi connectivity index (χ1n) is 4.09. The molecule has 0 bridgehead atoms. The van der Waals surface area contributed by atoms with Crippen molar-refractivity contribution in [3.05, 3.63) is 35.4 Å². The molecular formula is C10H14OS. The van der Waals surface area contributed by atoms with Gasteiger partial charge in [-0.15, -0.1) is 0 Å². The number of hydrogen-bond donors (Lipinski definition) is 2. The predicted octanol–water partition coefficient (Wildman–Crippen LogP) is 2.21. The van der Waals surface area contributed by atoms with E-state index >= 15 is 0 Å². The summed E-state index contributed by atoms with van der Waals surface area (Å²) in [6.07, 6.45) is 0. The van der Waals surface area contributed by atoms with Crippen molar-refractivity contribution in [3.63, 3.8) is 0 Å². The zero-order valence-corrected chi connectivity index (χ0v) is 8.09. The summed E-state index contributed by atoms with van der Waals surface area (Å²) in [7, 11) is 0. The molecule has 1 unspecified atom stereocenters. The summed E-state index contributed by atoms with van der Waals surface area (Å²) in [5.74, 6) is 0.953. The lowest BCUT2D eigenvalue weighted by Gasteiger charge is -2.12. The lowest BCUT2D eigenvalue weighted by molar-refractivity contribution is 0.272. The Balaban J connectivity index is 2.96. The minimum atomic E-state index is 0.199. The molecule has 0 saturated carbocycles. The van der Waals surface area contributed by atoms with Crippen molar-refractivity contribution in [2.75, 3.05) is 6.61 Å². The maximum atomic E-state index is 8.98. The van der Waals surface area contributed by atoms with Gasteiger partial charge >= 0.3 is 0 Å². The van der Waals surface area contributed by atoms with Crippen LogP contribution in [0.4, 0.5) is 0 Å². The zero-order chi connectivity index (χ0) is 8.97. The van der Waals surface area contributed by atoms with Gasteiger partial charge in [0.25, 0.3) is 0 Å². The summed E-state index contributed by atoms with van der Waals surface area (Å²) in [4.78, 5) is 0. The molecule has 0 amide bonds. The maximum Gasteiger partial charge on any atom is 0.0497 e. The molecule has 0 spiro atoms. The maximum absolute atomic E-state index is 8.98. The van der Waals surface area contributed by atoms with Gasteiger partial charge in [-0.3, -0.25) is 0 Å². The van der Waals surface area contributed by atoms with E-state index in [4.69, 9.17) is 5.11 Å². The van der Waals surface area contributed by atoms with Crippen LogP contribution < -0.4 is 0 Å². The summed E-state index contributed by atoms with van der Waals surface area (Å²) in [6.45, 7) is 2.22. The van der Waals surface area contributed by atoms with Gasteiger partial charge in [-0.1, -0.05) is 31.2 Å². The lowest BCUT2D eigenvalue weighted by atomic mass is 9.97. The highest BCUT2D eigenvalue weighted by Gasteiger charge is 2.06. The topological polar surface area (TPSA) is 20.2 Å². The summed E-state index contributed by atoms with van der Waals surface area (Å²) in [5, 5.41) is 8.98. The molecule has 1 aromatic carbocycles. The Morgan fingerprint density at radius 3 is 2.67 bits per heavy atom. The zero-order valence-electron chi connectivity index (χ0n) is 7.20. The van der Waals surface area contributed by atoms with Gasteiger partial charge in [0, 0.05) is 18.3 Å². The molecule has 1 nitrogen and oxygen atoms in total. The van der Waals surface area contributed by atoms with E-state index in [9.17, 15) is 0 Å². The summed E-state index contributed by atoms with van der Waals surface area (Å²) < 4.78 is 0. The number of rotatable bonds is 3. The highest BCUT2D eigenvalue weighted by molar-refractivity contribution is 7.79. The van der Waals surface area contributed by atoms with Crippen molar-refractivity contribution in [2.24, 2.45) is 0 Å². The predicted molar refractivity (Wildman–Crippen MR) is 54.6 cm³/mol. The van der Waals surface area contributed by atoms with Gasteiger partial charge in [0.05, 0.1) is 0 Å². The lowest BCUT2D eigenvalue weighted by Crippen LogP contribution is -2.01. The third-order valence-electron chi connectivity index (χ3n) is 2.03. The molecule has 66 valence electrons.